The van der Waals surface area contributed by atoms with E-state index in [1.54, 1.807) is 6.92 Å². The van der Waals surface area contributed by atoms with Gasteiger partial charge in [-0.1, -0.05) is 26.0 Å². The lowest BCUT2D eigenvalue weighted by Crippen LogP contribution is -2.24. The number of hydrogen-bond donors (Lipinski definition) is 1. The predicted molar refractivity (Wildman–Crippen MR) is 82.8 cm³/mol. The Hall–Kier alpha value is -2.70. The van der Waals surface area contributed by atoms with Crippen molar-refractivity contribution in [1.29, 1.82) is 0 Å². The number of aromatic nitrogens is 2. The lowest BCUT2D eigenvalue weighted by molar-refractivity contribution is -0.385. The standard InChI is InChI=1S/C15H18N4O3/c1-10(2)12-4-6-13(7-5-12)17-15(20)11(3)18-9-14(8-16-18)19(21)22/h4-11H,1-3H3,(H,17,20)/t11-/m1/s1. The predicted octanol–water partition coefficient (Wildman–Crippen LogP) is 3.11. The van der Waals surface area contributed by atoms with E-state index in [2.05, 4.69) is 24.3 Å². The van der Waals surface area contributed by atoms with Gasteiger partial charge in [-0.3, -0.25) is 19.6 Å². The SMILES string of the molecule is CC(C)c1ccc(NC(=O)[C@@H](C)n2cc([N+](=O)[O-])cn2)cc1. The van der Waals surface area contributed by atoms with Gasteiger partial charge in [0.15, 0.2) is 0 Å². The van der Waals surface area contributed by atoms with Crippen LogP contribution >= 0.6 is 0 Å². The summed E-state index contributed by atoms with van der Waals surface area (Å²) in [4.78, 5) is 22.3. The van der Waals surface area contributed by atoms with E-state index in [0.29, 0.717) is 11.6 Å². The average Bonchev–Trinajstić information content (AvgIpc) is 2.97. The Morgan fingerprint density at radius 3 is 2.41 bits per heavy atom. The molecule has 0 fully saturated rings. The Kier molecular flexibility index (Phi) is 4.55. The van der Waals surface area contributed by atoms with Gasteiger partial charge in [0.25, 0.3) is 0 Å². The van der Waals surface area contributed by atoms with E-state index in [1.165, 1.54) is 16.4 Å². The summed E-state index contributed by atoms with van der Waals surface area (Å²) >= 11 is 0. The third-order valence-corrected chi connectivity index (χ3v) is 3.42. The Morgan fingerprint density at radius 1 is 1.27 bits per heavy atom. The lowest BCUT2D eigenvalue weighted by Gasteiger charge is -2.13. The molecule has 1 N–H and O–H groups in total. The number of nitrogens with one attached hydrogen (secondary N) is 1. The van der Waals surface area contributed by atoms with E-state index in [-0.39, 0.29) is 11.6 Å². The van der Waals surface area contributed by atoms with Crippen molar-refractivity contribution in [2.75, 3.05) is 5.32 Å². The average molecular weight is 302 g/mol. The van der Waals surface area contributed by atoms with E-state index in [4.69, 9.17) is 0 Å². The first-order chi connectivity index (χ1) is 10.4. The molecule has 0 saturated heterocycles. The smallest absolute Gasteiger partial charge is 0.307 e. The van der Waals surface area contributed by atoms with Gasteiger partial charge >= 0.3 is 5.69 Å². The van der Waals surface area contributed by atoms with Crippen LogP contribution in [0.5, 0.6) is 0 Å². The van der Waals surface area contributed by atoms with Gasteiger partial charge in [0.2, 0.25) is 5.91 Å². The molecule has 1 aromatic carbocycles. The van der Waals surface area contributed by atoms with Gasteiger partial charge in [0, 0.05) is 5.69 Å². The van der Waals surface area contributed by atoms with Crippen LogP contribution in [0.3, 0.4) is 0 Å². The summed E-state index contributed by atoms with van der Waals surface area (Å²) in [7, 11) is 0. The third kappa shape index (κ3) is 3.49. The highest BCUT2D eigenvalue weighted by molar-refractivity contribution is 5.93. The van der Waals surface area contributed by atoms with Gasteiger partial charge in [0.1, 0.15) is 18.4 Å². The van der Waals surface area contributed by atoms with Crippen LogP contribution < -0.4 is 5.32 Å². The van der Waals surface area contributed by atoms with Crippen molar-refractivity contribution in [2.24, 2.45) is 0 Å². The number of anilines is 1. The van der Waals surface area contributed by atoms with Crippen molar-refractivity contribution < 1.29 is 9.72 Å². The fraction of sp³-hybridized carbons (Fsp3) is 0.333. The zero-order valence-electron chi connectivity index (χ0n) is 12.7. The number of nitro groups is 1. The molecule has 7 nitrogen and oxygen atoms in total. The van der Waals surface area contributed by atoms with Crippen molar-refractivity contribution in [1.82, 2.24) is 9.78 Å². The maximum Gasteiger partial charge on any atom is 0.307 e. The fourth-order valence-electron chi connectivity index (χ4n) is 1.95. The number of carbonyl (C=O) groups excluding carboxylic acids is 1. The number of carbonyl (C=O) groups is 1. The van der Waals surface area contributed by atoms with Crippen LogP contribution in [0.2, 0.25) is 0 Å². The van der Waals surface area contributed by atoms with Crippen molar-refractivity contribution in [3.05, 3.63) is 52.3 Å². The molecule has 0 aliphatic carbocycles. The Morgan fingerprint density at radius 2 is 1.91 bits per heavy atom. The van der Waals surface area contributed by atoms with Crippen LogP contribution in [0.15, 0.2) is 36.7 Å². The second-order valence-electron chi connectivity index (χ2n) is 5.38. The highest BCUT2D eigenvalue weighted by Crippen LogP contribution is 2.19. The molecule has 2 aromatic rings. The van der Waals surface area contributed by atoms with Crippen LogP contribution in [0.25, 0.3) is 0 Å². The molecule has 7 heteroatoms. The summed E-state index contributed by atoms with van der Waals surface area (Å²) in [5.41, 5.74) is 1.73. The zero-order chi connectivity index (χ0) is 16.3. The van der Waals surface area contributed by atoms with Gasteiger partial charge < -0.3 is 5.32 Å². The molecular weight excluding hydrogens is 284 g/mol. The number of rotatable bonds is 5. The molecule has 0 radical (unpaired) electrons. The molecule has 0 spiro atoms. The highest BCUT2D eigenvalue weighted by Gasteiger charge is 2.19. The van der Waals surface area contributed by atoms with Crippen LogP contribution in [0.1, 0.15) is 38.3 Å². The van der Waals surface area contributed by atoms with E-state index < -0.39 is 11.0 Å². The van der Waals surface area contributed by atoms with E-state index in [0.717, 1.165) is 6.20 Å². The molecule has 1 aromatic heterocycles. The largest absolute Gasteiger partial charge is 0.324 e. The fourth-order valence-corrected chi connectivity index (χ4v) is 1.95. The molecule has 1 heterocycles. The molecule has 0 aliphatic heterocycles. The van der Waals surface area contributed by atoms with Gasteiger partial charge in [-0.25, -0.2) is 0 Å². The lowest BCUT2D eigenvalue weighted by atomic mass is 10.0. The summed E-state index contributed by atoms with van der Waals surface area (Å²) in [5.74, 6) is 0.142. The molecule has 0 unspecified atom stereocenters. The maximum absolute atomic E-state index is 12.2. The first-order valence-electron chi connectivity index (χ1n) is 6.98. The molecule has 1 atom stereocenters. The second-order valence-corrected chi connectivity index (χ2v) is 5.38. The number of amides is 1. The Balaban J connectivity index is 2.05. The van der Waals surface area contributed by atoms with Gasteiger partial charge in [-0.05, 0) is 30.5 Å². The van der Waals surface area contributed by atoms with Gasteiger partial charge in [0.05, 0.1) is 4.92 Å². The van der Waals surface area contributed by atoms with Crippen molar-refractivity contribution in [3.8, 4) is 0 Å². The van der Waals surface area contributed by atoms with Gasteiger partial charge in [-0.15, -0.1) is 0 Å². The summed E-state index contributed by atoms with van der Waals surface area (Å²) in [6, 6.07) is 6.96. The maximum atomic E-state index is 12.2. The highest BCUT2D eigenvalue weighted by atomic mass is 16.6. The minimum atomic E-state index is -0.640. The molecule has 0 bridgehead atoms. The van der Waals surface area contributed by atoms with E-state index in [1.807, 2.05) is 24.3 Å². The van der Waals surface area contributed by atoms with Crippen LogP contribution in [-0.2, 0) is 4.79 Å². The molecule has 116 valence electrons. The summed E-state index contributed by atoms with van der Waals surface area (Å²) in [5, 5.41) is 17.3. The normalized spacial score (nSPS) is 12.2. The second kappa shape index (κ2) is 6.38. The molecule has 0 saturated carbocycles. The van der Waals surface area contributed by atoms with Crippen molar-refractivity contribution >= 4 is 17.3 Å². The molecule has 22 heavy (non-hydrogen) atoms. The number of hydrogen-bond acceptors (Lipinski definition) is 4. The van der Waals surface area contributed by atoms with E-state index >= 15 is 0 Å². The monoisotopic (exact) mass is 302 g/mol. The summed E-state index contributed by atoms with van der Waals surface area (Å²) < 4.78 is 1.27. The molecule has 2 rings (SSSR count). The molecular formula is C15H18N4O3. The summed E-state index contributed by atoms with van der Waals surface area (Å²) in [6.45, 7) is 5.83. The Labute approximate surface area is 128 Å². The minimum Gasteiger partial charge on any atom is -0.324 e. The van der Waals surface area contributed by atoms with E-state index in [9.17, 15) is 14.9 Å². The van der Waals surface area contributed by atoms with Crippen molar-refractivity contribution in [2.45, 2.75) is 32.7 Å². The Bertz CT molecular complexity index is 676. The summed E-state index contributed by atoms with van der Waals surface area (Å²) in [6.07, 6.45) is 2.37. The minimum absolute atomic E-state index is 0.138. The first-order valence-corrected chi connectivity index (χ1v) is 6.98. The van der Waals surface area contributed by atoms with Gasteiger partial charge in [-0.2, -0.15) is 5.10 Å². The number of benzene rings is 1. The third-order valence-electron chi connectivity index (χ3n) is 3.42. The van der Waals surface area contributed by atoms with Crippen LogP contribution in [-0.4, -0.2) is 20.6 Å². The zero-order valence-corrected chi connectivity index (χ0v) is 12.7. The molecule has 0 aliphatic rings. The number of nitrogens with zero attached hydrogens (tertiary/aromatic N) is 3. The molecule has 1 amide bonds. The quantitative estimate of drug-likeness (QED) is 0.678. The van der Waals surface area contributed by atoms with Crippen LogP contribution in [0, 0.1) is 10.1 Å². The first kappa shape index (κ1) is 15.7. The topological polar surface area (TPSA) is 90.1 Å². The van der Waals surface area contributed by atoms with Crippen molar-refractivity contribution in [3.63, 3.8) is 0 Å². The van der Waals surface area contributed by atoms with Crippen LogP contribution in [0.4, 0.5) is 11.4 Å².